The summed E-state index contributed by atoms with van der Waals surface area (Å²) in [6.07, 6.45) is -3.83. The Hall–Kier alpha value is -4.98. The first kappa shape index (κ1) is 45.0. The molecule has 1 rings (SSSR count). The highest BCUT2D eigenvalue weighted by Crippen LogP contribution is 2.11. The summed E-state index contributed by atoms with van der Waals surface area (Å²) in [5.74, 6) is -7.86. The van der Waals surface area contributed by atoms with Gasteiger partial charge in [-0.2, -0.15) is 0 Å². The van der Waals surface area contributed by atoms with Crippen LogP contribution in [0.15, 0.2) is 30.3 Å². The molecule has 0 heterocycles. The van der Waals surface area contributed by atoms with E-state index in [0.717, 1.165) is 0 Å². The summed E-state index contributed by atoms with van der Waals surface area (Å²) in [5, 5.41) is 32.1. The number of aliphatic hydroxyl groups is 2. The molecule has 0 fully saturated rings. The van der Waals surface area contributed by atoms with Crippen LogP contribution in [0.1, 0.15) is 58.9 Å². The fraction of sp³-hybridized carbons (Fsp3) is 0.576. The molecule has 0 aliphatic rings. The zero-order valence-corrected chi connectivity index (χ0v) is 29.8. The molecule has 8 amide bonds. The summed E-state index contributed by atoms with van der Waals surface area (Å²) in [7, 11) is 0. The lowest BCUT2D eigenvalue weighted by atomic mass is 9.97. The molecule has 0 aromatic heterocycles. The van der Waals surface area contributed by atoms with E-state index in [1.807, 2.05) is 0 Å². The zero-order valence-electron chi connectivity index (χ0n) is 29.8. The number of primary amides is 2. The highest BCUT2D eigenvalue weighted by Gasteiger charge is 2.33. The van der Waals surface area contributed by atoms with Crippen molar-refractivity contribution in [2.75, 3.05) is 6.61 Å². The summed E-state index contributed by atoms with van der Waals surface area (Å²) in [6, 6.07) is 0.635. The van der Waals surface area contributed by atoms with E-state index >= 15 is 0 Å². The molecular formula is C33H53N9O10. The van der Waals surface area contributed by atoms with Gasteiger partial charge in [-0.25, -0.2) is 0 Å². The van der Waals surface area contributed by atoms with E-state index in [4.69, 9.17) is 22.9 Å². The van der Waals surface area contributed by atoms with Gasteiger partial charge < -0.3 is 54.4 Å². The maximum atomic E-state index is 13.6. The Kier molecular flexibility index (Phi) is 19.1. The first-order chi connectivity index (χ1) is 24.3. The van der Waals surface area contributed by atoms with Crippen LogP contribution < -0.4 is 49.5 Å². The van der Waals surface area contributed by atoms with E-state index in [1.165, 1.54) is 0 Å². The average molecular weight is 736 g/mol. The van der Waals surface area contributed by atoms with Crippen LogP contribution in [0, 0.1) is 11.8 Å². The van der Waals surface area contributed by atoms with Crippen molar-refractivity contribution in [2.45, 2.75) is 102 Å². The first-order valence-corrected chi connectivity index (χ1v) is 16.7. The monoisotopic (exact) mass is 735 g/mol. The second kappa shape index (κ2) is 22.1. The Morgan fingerprint density at radius 2 is 1.27 bits per heavy atom. The summed E-state index contributed by atoms with van der Waals surface area (Å²) < 4.78 is 0. The fourth-order valence-corrected chi connectivity index (χ4v) is 4.72. The number of nitrogens with one attached hydrogen (secondary N) is 5. The van der Waals surface area contributed by atoms with Gasteiger partial charge in [0.25, 0.3) is 0 Å². The molecule has 3 unspecified atom stereocenters. The van der Waals surface area contributed by atoms with Crippen LogP contribution >= 0.6 is 0 Å². The maximum absolute atomic E-state index is 13.6. The summed E-state index contributed by atoms with van der Waals surface area (Å²) in [5.41, 5.74) is 22.5. The van der Waals surface area contributed by atoms with Gasteiger partial charge in [0.2, 0.25) is 47.3 Å². The van der Waals surface area contributed by atoms with Crippen LogP contribution in [0.3, 0.4) is 0 Å². The third-order valence-electron chi connectivity index (χ3n) is 7.90. The predicted octanol–water partition coefficient (Wildman–Crippen LogP) is -4.34. The first-order valence-electron chi connectivity index (χ1n) is 16.7. The molecule has 0 spiro atoms. The molecule has 1 aromatic carbocycles. The molecule has 0 bridgehead atoms. The molecule has 0 aliphatic heterocycles. The van der Waals surface area contributed by atoms with E-state index < -0.39 is 115 Å². The minimum Gasteiger partial charge on any atom is -0.394 e. The summed E-state index contributed by atoms with van der Waals surface area (Å²) in [4.78, 5) is 101. The van der Waals surface area contributed by atoms with Gasteiger partial charge >= 0.3 is 0 Å². The van der Waals surface area contributed by atoms with Gasteiger partial charge in [0.15, 0.2) is 0 Å². The Morgan fingerprint density at radius 1 is 0.692 bits per heavy atom. The molecule has 15 N–H and O–H groups in total. The van der Waals surface area contributed by atoms with Gasteiger partial charge in [-0.15, -0.1) is 0 Å². The van der Waals surface area contributed by atoms with Crippen molar-refractivity contribution < 1.29 is 48.6 Å². The normalized spacial score (nSPS) is 15.2. The highest BCUT2D eigenvalue weighted by atomic mass is 16.3. The zero-order chi connectivity index (χ0) is 39.7. The van der Waals surface area contributed by atoms with E-state index in [9.17, 15) is 48.6 Å². The molecule has 52 heavy (non-hydrogen) atoms. The molecule has 0 saturated carbocycles. The Bertz CT molecular complexity index is 1410. The number of hydrogen-bond acceptors (Lipinski definition) is 12. The SMILES string of the molecule is CC(C)C(N)C(=O)NC(C(=O)NC(=O)C[C@@H](O)C(Cc1ccccc1)NC(=O)[C@H](CC(N)=O)NC(=O)[C@H](CCC(N)=O)NC(=O)[C@@H](N)CO)C(C)C. The van der Waals surface area contributed by atoms with E-state index in [-0.39, 0.29) is 25.2 Å². The van der Waals surface area contributed by atoms with E-state index in [2.05, 4.69) is 26.6 Å². The van der Waals surface area contributed by atoms with Gasteiger partial charge in [-0.1, -0.05) is 58.0 Å². The Morgan fingerprint density at radius 3 is 1.79 bits per heavy atom. The lowest BCUT2D eigenvalue weighted by Crippen LogP contribution is -2.59. The standard InChI is InChI=1S/C33H53N9O10/c1-16(2)27(37)32(51)42-28(17(3)4)33(52)41-26(47)14-23(44)21(12-18-8-6-5-7-9-18)39-31(50)22(13-25(36)46)40-30(49)20(10-11-24(35)45)38-29(48)19(34)15-43/h5-9,16-17,19-23,27-28,43-44H,10-15,34,37H2,1-4H3,(H2,35,45)(H2,36,46)(H,38,48)(H,39,50)(H,40,49)(H,42,51)(H,41,47,52)/t19-,20-,21?,22-,23+,27?,28?/m0/s1. The average Bonchev–Trinajstić information content (AvgIpc) is 3.06. The van der Waals surface area contributed by atoms with Gasteiger partial charge in [-0.05, 0) is 30.2 Å². The second-order valence-corrected chi connectivity index (χ2v) is 13.1. The molecule has 7 atom stereocenters. The van der Waals surface area contributed by atoms with E-state index in [0.29, 0.717) is 5.56 Å². The van der Waals surface area contributed by atoms with Gasteiger partial charge in [-0.3, -0.25) is 43.7 Å². The maximum Gasteiger partial charge on any atom is 0.249 e. The summed E-state index contributed by atoms with van der Waals surface area (Å²) in [6.45, 7) is 6.00. The molecule has 0 radical (unpaired) electrons. The number of benzene rings is 1. The summed E-state index contributed by atoms with van der Waals surface area (Å²) >= 11 is 0. The number of nitrogens with two attached hydrogens (primary N) is 4. The number of aliphatic hydroxyl groups excluding tert-OH is 2. The number of rotatable bonds is 22. The molecule has 290 valence electrons. The quantitative estimate of drug-likeness (QED) is 0.0538. The number of carbonyl (C=O) groups is 8. The van der Waals surface area contributed by atoms with Crippen molar-refractivity contribution in [2.24, 2.45) is 34.8 Å². The number of amides is 8. The van der Waals surface area contributed by atoms with Gasteiger partial charge in [0.1, 0.15) is 24.2 Å². The lowest BCUT2D eigenvalue weighted by Gasteiger charge is -2.28. The Labute approximate surface area is 301 Å². The third kappa shape index (κ3) is 15.9. The predicted molar refractivity (Wildman–Crippen MR) is 187 cm³/mol. The highest BCUT2D eigenvalue weighted by molar-refractivity contribution is 6.00. The molecule has 1 aromatic rings. The van der Waals surface area contributed by atoms with E-state index in [1.54, 1.807) is 58.0 Å². The molecule has 19 heteroatoms. The van der Waals surface area contributed by atoms with Crippen LogP contribution in [-0.4, -0.2) is 106 Å². The molecule has 0 aliphatic carbocycles. The molecule has 0 saturated heterocycles. The molecule has 19 nitrogen and oxygen atoms in total. The smallest absolute Gasteiger partial charge is 0.249 e. The minimum absolute atomic E-state index is 0.0552. The van der Waals surface area contributed by atoms with Crippen molar-refractivity contribution in [1.29, 1.82) is 0 Å². The fourth-order valence-electron chi connectivity index (χ4n) is 4.72. The third-order valence-corrected chi connectivity index (χ3v) is 7.90. The largest absolute Gasteiger partial charge is 0.394 e. The molecular weight excluding hydrogens is 682 g/mol. The van der Waals surface area contributed by atoms with Crippen LogP contribution in [0.4, 0.5) is 0 Å². The number of hydrogen-bond donors (Lipinski definition) is 11. The van der Waals surface area contributed by atoms with Crippen molar-refractivity contribution in [1.82, 2.24) is 26.6 Å². The van der Waals surface area contributed by atoms with Crippen molar-refractivity contribution in [3.05, 3.63) is 35.9 Å². The Balaban J connectivity index is 3.24. The van der Waals surface area contributed by atoms with Crippen LogP contribution in [0.2, 0.25) is 0 Å². The van der Waals surface area contributed by atoms with Gasteiger partial charge in [0, 0.05) is 6.42 Å². The van der Waals surface area contributed by atoms with Crippen molar-refractivity contribution in [3.8, 4) is 0 Å². The van der Waals surface area contributed by atoms with Crippen LogP contribution in [-0.2, 0) is 44.8 Å². The second-order valence-electron chi connectivity index (χ2n) is 13.1. The lowest BCUT2D eigenvalue weighted by molar-refractivity contribution is -0.137. The van der Waals surface area contributed by atoms with Crippen molar-refractivity contribution in [3.63, 3.8) is 0 Å². The number of imide groups is 1. The van der Waals surface area contributed by atoms with Gasteiger partial charge in [0.05, 0.1) is 37.6 Å². The van der Waals surface area contributed by atoms with Crippen LogP contribution in [0.5, 0.6) is 0 Å². The minimum atomic E-state index is -1.67. The van der Waals surface area contributed by atoms with Crippen molar-refractivity contribution >= 4 is 47.3 Å². The number of carbonyl (C=O) groups excluding carboxylic acids is 8. The van der Waals surface area contributed by atoms with Crippen LogP contribution in [0.25, 0.3) is 0 Å². The topological polar surface area (TPSA) is 341 Å².